The first kappa shape index (κ1) is 16.5. The standard InChI is InChI=1S/C17H25N3O2/c1-13-4-6-14(7-5-13)17(22)20-12-11-19-16(21)9-8-15-3-2-10-18-15/h4-7,15,18H,2-3,8-12H2,1H3,(H,19,21)(H,20,22). The highest BCUT2D eigenvalue weighted by atomic mass is 16.2. The Kier molecular flexibility index (Phi) is 6.40. The molecule has 1 aromatic carbocycles. The van der Waals surface area contributed by atoms with Crippen molar-refractivity contribution in [3.8, 4) is 0 Å². The van der Waals surface area contributed by atoms with E-state index in [1.807, 2.05) is 19.1 Å². The van der Waals surface area contributed by atoms with Crippen molar-refractivity contribution in [1.29, 1.82) is 0 Å². The molecule has 3 N–H and O–H groups in total. The molecule has 120 valence electrons. The van der Waals surface area contributed by atoms with Gasteiger partial charge in [-0.25, -0.2) is 0 Å². The lowest BCUT2D eigenvalue weighted by Gasteiger charge is -2.10. The summed E-state index contributed by atoms with van der Waals surface area (Å²) in [5, 5.41) is 9.03. The number of benzene rings is 1. The molecule has 0 spiro atoms. The molecule has 1 heterocycles. The fraction of sp³-hybridized carbons (Fsp3) is 0.529. The van der Waals surface area contributed by atoms with Crippen LogP contribution < -0.4 is 16.0 Å². The predicted octanol–water partition coefficient (Wildman–Crippen LogP) is 1.37. The number of amides is 2. The summed E-state index contributed by atoms with van der Waals surface area (Å²) in [5.41, 5.74) is 1.77. The molecule has 0 radical (unpaired) electrons. The quantitative estimate of drug-likeness (QED) is 0.666. The Balaban J connectivity index is 1.57. The maximum atomic E-state index is 11.9. The number of hydrogen-bond acceptors (Lipinski definition) is 3. The van der Waals surface area contributed by atoms with Crippen molar-refractivity contribution in [2.45, 2.75) is 38.6 Å². The van der Waals surface area contributed by atoms with E-state index in [1.165, 1.54) is 12.8 Å². The number of nitrogens with one attached hydrogen (secondary N) is 3. The zero-order valence-corrected chi connectivity index (χ0v) is 13.2. The number of aryl methyl sites for hydroxylation is 1. The summed E-state index contributed by atoms with van der Waals surface area (Å²) >= 11 is 0. The van der Waals surface area contributed by atoms with Crippen LogP contribution in [0.2, 0.25) is 0 Å². The van der Waals surface area contributed by atoms with Gasteiger partial charge in [0.15, 0.2) is 0 Å². The Morgan fingerprint density at radius 2 is 1.91 bits per heavy atom. The highest BCUT2D eigenvalue weighted by Crippen LogP contribution is 2.10. The molecule has 2 amide bonds. The third kappa shape index (κ3) is 5.48. The number of carbonyl (C=O) groups excluding carboxylic acids is 2. The minimum absolute atomic E-state index is 0.0540. The van der Waals surface area contributed by atoms with Gasteiger partial charge in [-0.15, -0.1) is 0 Å². The summed E-state index contributed by atoms with van der Waals surface area (Å²) in [6.07, 6.45) is 3.81. The van der Waals surface area contributed by atoms with Crippen molar-refractivity contribution in [1.82, 2.24) is 16.0 Å². The summed E-state index contributed by atoms with van der Waals surface area (Å²) < 4.78 is 0. The first-order valence-corrected chi connectivity index (χ1v) is 8.00. The Hall–Kier alpha value is -1.88. The SMILES string of the molecule is Cc1ccc(C(=O)NCCNC(=O)CCC2CCCN2)cc1. The lowest BCUT2D eigenvalue weighted by molar-refractivity contribution is -0.121. The molecule has 22 heavy (non-hydrogen) atoms. The van der Waals surface area contributed by atoms with Gasteiger partial charge in [0.05, 0.1) is 0 Å². The number of rotatable bonds is 7. The monoisotopic (exact) mass is 303 g/mol. The number of hydrogen-bond donors (Lipinski definition) is 3. The second-order valence-corrected chi connectivity index (χ2v) is 5.80. The zero-order chi connectivity index (χ0) is 15.8. The molecule has 1 aliphatic rings. The van der Waals surface area contributed by atoms with Crippen molar-refractivity contribution in [3.05, 3.63) is 35.4 Å². The molecule has 1 atom stereocenters. The van der Waals surface area contributed by atoms with Crippen LogP contribution in [0.5, 0.6) is 0 Å². The molecule has 0 saturated carbocycles. The van der Waals surface area contributed by atoms with Gasteiger partial charge >= 0.3 is 0 Å². The molecule has 5 heteroatoms. The minimum Gasteiger partial charge on any atom is -0.354 e. The van der Waals surface area contributed by atoms with Crippen LogP contribution >= 0.6 is 0 Å². The molecule has 1 saturated heterocycles. The minimum atomic E-state index is -0.107. The van der Waals surface area contributed by atoms with Crippen LogP contribution in [0.25, 0.3) is 0 Å². The van der Waals surface area contributed by atoms with Gasteiger partial charge in [0, 0.05) is 31.1 Å². The van der Waals surface area contributed by atoms with E-state index in [0.29, 0.717) is 31.1 Å². The average Bonchev–Trinajstić information content (AvgIpc) is 3.03. The second-order valence-electron chi connectivity index (χ2n) is 5.80. The normalized spacial score (nSPS) is 17.2. The van der Waals surface area contributed by atoms with Crippen LogP contribution in [0.4, 0.5) is 0 Å². The molecule has 1 fully saturated rings. The van der Waals surface area contributed by atoms with Crippen LogP contribution in [0.15, 0.2) is 24.3 Å². The van der Waals surface area contributed by atoms with Crippen LogP contribution in [0, 0.1) is 6.92 Å². The van der Waals surface area contributed by atoms with E-state index in [4.69, 9.17) is 0 Å². The smallest absolute Gasteiger partial charge is 0.251 e. The molecule has 0 bridgehead atoms. The lowest BCUT2D eigenvalue weighted by Crippen LogP contribution is -2.35. The molecule has 0 aliphatic carbocycles. The van der Waals surface area contributed by atoms with Crippen molar-refractivity contribution in [3.63, 3.8) is 0 Å². The summed E-state index contributed by atoms with van der Waals surface area (Å²) in [5.74, 6) is -0.0531. The predicted molar refractivity (Wildman–Crippen MR) is 86.8 cm³/mol. The average molecular weight is 303 g/mol. The summed E-state index contributed by atoms with van der Waals surface area (Å²) in [4.78, 5) is 23.6. The van der Waals surface area contributed by atoms with Crippen molar-refractivity contribution < 1.29 is 9.59 Å². The van der Waals surface area contributed by atoms with Gasteiger partial charge in [-0.1, -0.05) is 17.7 Å². The van der Waals surface area contributed by atoms with Gasteiger partial charge in [-0.3, -0.25) is 9.59 Å². The summed E-state index contributed by atoms with van der Waals surface area (Å²) in [7, 11) is 0. The van der Waals surface area contributed by atoms with Gasteiger partial charge in [0.25, 0.3) is 5.91 Å². The van der Waals surface area contributed by atoms with E-state index in [-0.39, 0.29) is 11.8 Å². The van der Waals surface area contributed by atoms with Crippen LogP contribution in [-0.2, 0) is 4.79 Å². The highest BCUT2D eigenvalue weighted by molar-refractivity contribution is 5.94. The maximum absolute atomic E-state index is 11.9. The largest absolute Gasteiger partial charge is 0.354 e. The summed E-state index contributed by atoms with van der Waals surface area (Å²) in [6, 6.07) is 7.92. The highest BCUT2D eigenvalue weighted by Gasteiger charge is 2.14. The Morgan fingerprint density at radius 1 is 1.18 bits per heavy atom. The second kappa shape index (κ2) is 8.54. The fourth-order valence-electron chi connectivity index (χ4n) is 2.58. The molecule has 1 aliphatic heterocycles. The summed E-state index contributed by atoms with van der Waals surface area (Å²) in [6.45, 7) is 3.96. The van der Waals surface area contributed by atoms with Gasteiger partial charge in [0.2, 0.25) is 5.91 Å². The Morgan fingerprint density at radius 3 is 2.59 bits per heavy atom. The number of carbonyl (C=O) groups is 2. The van der Waals surface area contributed by atoms with Gasteiger partial charge < -0.3 is 16.0 Å². The van der Waals surface area contributed by atoms with E-state index >= 15 is 0 Å². The Labute approximate surface area is 131 Å². The van der Waals surface area contributed by atoms with E-state index < -0.39 is 0 Å². The third-order valence-corrected chi connectivity index (χ3v) is 3.93. The van der Waals surface area contributed by atoms with E-state index in [9.17, 15) is 9.59 Å². The fourth-order valence-corrected chi connectivity index (χ4v) is 2.58. The van der Waals surface area contributed by atoms with E-state index in [1.54, 1.807) is 12.1 Å². The van der Waals surface area contributed by atoms with Crippen LogP contribution in [0.1, 0.15) is 41.6 Å². The van der Waals surface area contributed by atoms with Crippen molar-refractivity contribution in [2.75, 3.05) is 19.6 Å². The van der Waals surface area contributed by atoms with Crippen molar-refractivity contribution >= 4 is 11.8 Å². The van der Waals surface area contributed by atoms with Gasteiger partial charge in [0.1, 0.15) is 0 Å². The van der Waals surface area contributed by atoms with Crippen LogP contribution in [-0.4, -0.2) is 37.5 Å². The van der Waals surface area contributed by atoms with Gasteiger partial charge in [-0.05, 0) is 44.9 Å². The van der Waals surface area contributed by atoms with Gasteiger partial charge in [-0.2, -0.15) is 0 Å². The molecule has 5 nitrogen and oxygen atoms in total. The first-order valence-electron chi connectivity index (χ1n) is 8.00. The Bertz CT molecular complexity index is 493. The topological polar surface area (TPSA) is 70.2 Å². The zero-order valence-electron chi connectivity index (χ0n) is 13.2. The molecule has 1 aromatic rings. The lowest BCUT2D eigenvalue weighted by atomic mass is 10.1. The van der Waals surface area contributed by atoms with Crippen LogP contribution in [0.3, 0.4) is 0 Å². The molecular weight excluding hydrogens is 278 g/mol. The third-order valence-electron chi connectivity index (χ3n) is 3.93. The van der Waals surface area contributed by atoms with Crippen molar-refractivity contribution in [2.24, 2.45) is 0 Å². The molecule has 2 rings (SSSR count). The molecule has 0 aromatic heterocycles. The molecule has 1 unspecified atom stereocenters. The van der Waals surface area contributed by atoms with E-state index in [2.05, 4.69) is 16.0 Å². The van der Waals surface area contributed by atoms with E-state index in [0.717, 1.165) is 18.5 Å². The first-order chi connectivity index (χ1) is 10.6. The molecular formula is C17H25N3O2. The maximum Gasteiger partial charge on any atom is 0.251 e.